The van der Waals surface area contributed by atoms with Crippen LogP contribution in [0.2, 0.25) is 0 Å². The smallest absolute Gasteiger partial charge is 0.266 e. The Morgan fingerprint density at radius 1 is 1.18 bits per heavy atom. The monoisotopic (exact) mass is 296 g/mol. The van der Waals surface area contributed by atoms with Gasteiger partial charge in [0.2, 0.25) is 0 Å². The zero-order valence-electron chi connectivity index (χ0n) is 12.4. The van der Waals surface area contributed by atoms with Crippen LogP contribution in [-0.4, -0.2) is 35.9 Å². The zero-order chi connectivity index (χ0) is 15.7. The predicted octanol–water partition coefficient (Wildman–Crippen LogP) is 1.12. The van der Waals surface area contributed by atoms with Crippen molar-refractivity contribution in [1.29, 1.82) is 0 Å². The van der Waals surface area contributed by atoms with E-state index in [4.69, 9.17) is 10.5 Å². The van der Waals surface area contributed by atoms with Crippen molar-refractivity contribution in [1.82, 2.24) is 9.88 Å². The normalized spacial score (nSPS) is 20.9. The van der Waals surface area contributed by atoms with Crippen LogP contribution in [0.15, 0.2) is 53.8 Å². The number of carbonyl (C=O) groups is 1. The lowest BCUT2D eigenvalue weighted by Crippen LogP contribution is -2.41. The molecule has 2 N–H and O–H groups in total. The molecular formula is C16H16N4O2. The number of carbonyl (C=O) groups excluding carboxylic acids is 1. The lowest BCUT2D eigenvalue weighted by atomic mass is 9.83. The Morgan fingerprint density at radius 3 is 2.50 bits per heavy atom. The average molecular weight is 296 g/mol. The van der Waals surface area contributed by atoms with Crippen molar-refractivity contribution in [3.05, 3.63) is 59.9 Å². The number of methoxy groups -OCH3 is 1. The van der Waals surface area contributed by atoms with E-state index in [1.54, 1.807) is 44.8 Å². The van der Waals surface area contributed by atoms with Crippen molar-refractivity contribution < 1.29 is 9.53 Å². The summed E-state index contributed by atoms with van der Waals surface area (Å²) < 4.78 is 5.27. The number of rotatable bonds is 3. The van der Waals surface area contributed by atoms with Gasteiger partial charge in [-0.15, -0.1) is 0 Å². The van der Waals surface area contributed by atoms with E-state index in [1.807, 2.05) is 18.2 Å². The van der Waals surface area contributed by atoms with Gasteiger partial charge in [0.25, 0.3) is 5.91 Å². The van der Waals surface area contributed by atoms with Crippen LogP contribution < -0.4 is 10.5 Å². The quantitative estimate of drug-likeness (QED) is 0.920. The second-order valence-corrected chi connectivity index (χ2v) is 5.01. The summed E-state index contributed by atoms with van der Waals surface area (Å²) in [6, 6.07) is 10.8. The van der Waals surface area contributed by atoms with Crippen molar-refractivity contribution in [2.24, 2.45) is 10.7 Å². The van der Waals surface area contributed by atoms with Gasteiger partial charge in [-0.05, 0) is 35.4 Å². The highest BCUT2D eigenvalue weighted by molar-refractivity contribution is 6.08. The molecule has 0 fully saturated rings. The minimum absolute atomic E-state index is 0.185. The molecule has 1 aliphatic rings. The second kappa shape index (κ2) is 5.14. The third-order valence-electron chi connectivity index (χ3n) is 3.83. The fraction of sp³-hybridized carbons (Fsp3) is 0.188. The van der Waals surface area contributed by atoms with E-state index in [2.05, 4.69) is 9.98 Å². The summed E-state index contributed by atoms with van der Waals surface area (Å²) in [5.74, 6) is 0.635. The molecule has 6 nitrogen and oxygen atoms in total. The van der Waals surface area contributed by atoms with Crippen molar-refractivity contribution in [3.63, 3.8) is 0 Å². The number of hydrogen-bond acceptors (Lipinski definition) is 5. The average Bonchev–Trinajstić information content (AvgIpc) is 2.81. The molecule has 1 amide bonds. The summed E-state index contributed by atoms with van der Waals surface area (Å²) in [5.41, 5.74) is 6.12. The maximum absolute atomic E-state index is 12.9. The molecule has 0 saturated heterocycles. The second-order valence-electron chi connectivity index (χ2n) is 5.01. The maximum Gasteiger partial charge on any atom is 0.266 e. The predicted molar refractivity (Wildman–Crippen MR) is 82.4 cm³/mol. The Bertz CT molecular complexity index is 745. The maximum atomic E-state index is 12.9. The molecule has 22 heavy (non-hydrogen) atoms. The van der Waals surface area contributed by atoms with E-state index in [1.165, 1.54) is 4.90 Å². The largest absolute Gasteiger partial charge is 0.497 e. The first-order valence-corrected chi connectivity index (χ1v) is 6.78. The Hall–Kier alpha value is -2.89. The Labute approximate surface area is 128 Å². The van der Waals surface area contributed by atoms with Crippen molar-refractivity contribution in [2.75, 3.05) is 14.2 Å². The van der Waals surface area contributed by atoms with Crippen LogP contribution in [0, 0.1) is 0 Å². The van der Waals surface area contributed by atoms with Crippen molar-refractivity contribution in [2.45, 2.75) is 5.54 Å². The number of amides is 1. The first-order valence-electron chi connectivity index (χ1n) is 6.78. The first kappa shape index (κ1) is 14.1. The number of likely N-dealkylation sites (N-methyl/N-ethyl adjacent to an activating group) is 1. The molecule has 0 spiro atoms. The number of benzene rings is 1. The van der Waals surface area contributed by atoms with E-state index < -0.39 is 5.54 Å². The third-order valence-corrected chi connectivity index (χ3v) is 3.83. The number of aromatic nitrogens is 1. The van der Waals surface area contributed by atoms with Gasteiger partial charge in [-0.2, -0.15) is 0 Å². The summed E-state index contributed by atoms with van der Waals surface area (Å²) >= 11 is 0. The van der Waals surface area contributed by atoms with E-state index in [0.29, 0.717) is 16.9 Å². The van der Waals surface area contributed by atoms with Gasteiger partial charge >= 0.3 is 0 Å². The van der Waals surface area contributed by atoms with Crippen molar-refractivity contribution in [3.8, 4) is 5.75 Å². The fourth-order valence-corrected chi connectivity index (χ4v) is 2.63. The van der Waals surface area contributed by atoms with Gasteiger partial charge in [0, 0.05) is 19.4 Å². The van der Waals surface area contributed by atoms with Crippen LogP contribution in [0.4, 0.5) is 0 Å². The fourth-order valence-electron chi connectivity index (χ4n) is 2.63. The number of pyridine rings is 1. The molecule has 1 atom stereocenters. The number of nitrogens with two attached hydrogens (primary N) is 1. The molecule has 2 aromatic rings. The molecule has 2 heterocycles. The molecule has 3 rings (SSSR count). The van der Waals surface area contributed by atoms with Gasteiger partial charge in [-0.3, -0.25) is 14.7 Å². The van der Waals surface area contributed by atoms with E-state index >= 15 is 0 Å². The molecule has 0 bridgehead atoms. The molecule has 1 aliphatic heterocycles. The highest BCUT2D eigenvalue weighted by atomic mass is 16.5. The summed E-state index contributed by atoms with van der Waals surface area (Å²) in [7, 11) is 3.20. The van der Waals surface area contributed by atoms with Crippen molar-refractivity contribution >= 4 is 11.9 Å². The van der Waals surface area contributed by atoms with Gasteiger partial charge in [0.05, 0.1) is 7.11 Å². The topological polar surface area (TPSA) is 80.8 Å². The number of ether oxygens (including phenoxy) is 1. The molecule has 6 heteroatoms. The Morgan fingerprint density at radius 2 is 1.91 bits per heavy atom. The lowest BCUT2D eigenvalue weighted by molar-refractivity contribution is -0.129. The number of hydrogen-bond donors (Lipinski definition) is 1. The van der Waals surface area contributed by atoms with Crippen LogP contribution >= 0.6 is 0 Å². The van der Waals surface area contributed by atoms with Gasteiger partial charge < -0.3 is 10.5 Å². The SMILES string of the molecule is COc1cccc(C2(c3ccncc3)N=C(N)N(C)C2=O)c1. The summed E-state index contributed by atoms with van der Waals surface area (Å²) in [6.45, 7) is 0. The zero-order valence-corrected chi connectivity index (χ0v) is 12.4. The molecule has 1 aromatic carbocycles. The highest BCUT2D eigenvalue weighted by Crippen LogP contribution is 2.39. The molecule has 0 aliphatic carbocycles. The van der Waals surface area contributed by atoms with Gasteiger partial charge in [-0.1, -0.05) is 12.1 Å². The van der Waals surface area contributed by atoms with E-state index in [0.717, 1.165) is 0 Å². The van der Waals surface area contributed by atoms with Gasteiger partial charge in [0.1, 0.15) is 5.75 Å². The Balaban J connectivity index is 2.27. The summed E-state index contributed by atoms with van der Waals surface area (Å²) in [5, 5.41) is 0. The van der Waals surface area contributed by atoms with Gasteiger partial charge in [-0.25, -0.2) is 4.99 Å². The van der Waals surface area contributed by atoms with Crippen LogP contribution in [0.25, 0.3) is 0 Å². The van der Waals surface area contributed by atoms with E-state index in [9.17, 15) is 4.79 Å². The lowest BCUT2D eigenvalue weighted by Gasteiger charge is -2.26. The minimum Gasteiger partial charge on any atom is -0.497 e. The Kier molecular flexibility index (Phi) is 3.29. The summed E-state index contributed by atoms with van der Waals surface area (Å²) in [6.07, 6.45) is 3.27. The molecule has 0 radical (unpaired) electrons. The molecule has 1 aromatic heterocycles. The molecule has 0 saturated carbocycles. The van der Waals surface area contributed by atoms with Crippen LogP contribution in [0.5, 0.6) is 5.75 Å². The van der Waals surface area contributed by atoms with Gasteiger partial charge in [0.15, 0.2) is 11.5 Å². The van der Waals surface area contributed by atoms with Crippen LogP contribution in [0.3, 0.4) is 0 Å². The molecular weight excluding hydrogens is 280 g/mol. The molecule has 1 unspecified atom stereocenters. The standard InChI is InChI=1S/C16H16N4O2/c1-20-14(21)16(19-15(20)17,11-6-8-18-9-7-11)12-4-3-5-13(10-12)22-2/h3-10H,1-2H3,(H2,17,19). The number of guanidine groups is 1. The number of aliphatic imine (C=N–C) groups is 1. The number of nitrogens with zero attached hydrogens (tertiary/aromatic N) is 3. The minimum atomic E-state index is -1.20. The first-order chi connectivity index (χ1) is 10.6. The van der Waals surface area contributed by atoms with E-state index in [-0.39, 0.29) is 11.9 Å². The van der Waals surface area contributed by atoms with Crippen LogP contribution in [-0.2, 0) is 10.3 Å². The van der Waals surface area contributed by atoms with Crippen LogP contribution in [0.1, 0.15) is 11.1 Å². The summed E-state index contributed by atoms with van der Waals surface area (Å²) in [4.78, 5) is 22.8. The highest BCUT2D eigenvalue weighted by Gasteiger charge is 2.49. The third kappa shape index (κ3) is 1.92. The molecule has 112 valence electrons.